The van der Waals surface area contributed by atoms with Crippen molar-refractivity contribution in [2.75, 3.05) is 12.8 Å². The van der Waals surface area contributed by atoms with Crippen molar-refractivity contribution >= 4 is 61.0 Å². The number of anilines is 1. The molecule has 11 heteroatoms. The minimum absolute atomic E-state index is 0.0565. The van der Waals surface area contributed by atoms with Crippen LogP contribution in [0.3, 0.4) is 0 Å². The molecule has 9 nitrogen and oxygen atoms in total. The topological polar surface area (TPSA) is 110 Å². The number of thiazole rings is 1. The zero-order chi connectivity index (χ0) is 24.1. The normalized spacial score (nSPS) is 11.4. The Bertz CT molecular complexity index is 1610. The number of nitrogens with two attached hydrogens (primary N) is 1. The van der Waals surface area contributed by atoms with E-state index in [1.807, 2.05) is 18.2 Å². The fourth-order valence-electron chi connectivity index (χ4n) is 3.94. The molecule has 0 atom stereocenters. The molecule has 0 fully saturated rings. The maximum atomic E-state index is 15.2. The number of rotatable bonds is 3. The molecule has 2 aromatic carbocycles. The molecular formula is C23H20FN7O2S. The summed E-state index contributed by atoms with van der Waals surface area (Å²) in [5, 5.41) is 7.74. The molecule has 3 heterocycles. The molecule has 0 aliphatic heterocycles. The summed E-state index contributed by atoms with van der Waals surface area (Å²) in [6.07, 6.45) is 1.58. The predicted molar refractivity (Wildman–Crippen MR) is 128 cm³/mol. The number of carbonyl (C=O) groups excluding carboxylic acids is 2. The first-order valence-corrected chi connectivity index (χ1v) is 11.2. The van der Waals surface area contributed by atoms with Gasteiger partial charge >= 0.3 is 0 Å². The predicted octanol–water partition coefficient (Wildman–Crippen LogP) is 3.49. The van der Waals surface area contributed by atoms with Crippen molar-refractivity contribution in [1.82, 2.24) is 29.8 Å². The van der Waals surface area contributed by atoms with Crippen molar-refractivity contribution in [2.45, 2.75) is 13.5 Å². The second kappa shape index (κ2) is 8.03. The molecule has 0 radical (unpaired) electrons. The smallest absolute Gasteiger partial charge is 0.275 e. The molecule has 2 N–H and O–H groups in total. The molecule has 0 unspecified atom stereocenters. The van der Waals surface area contributed by atoms with Crippen LogP contribution in [0.25, 0.3) is 32.0 Å². The lowest BCUT2D eigenvalue weighted by molar-refractivity contribution is -0.140. The minimum Gasteiger partial charge on any atom is -0.383 e. The van der Waals surface area contributed by atoms with E-state index in [-0.39, 0.29) is 23.8 Å². The Kier molecular flexibility index (Phi) is 5.13. The minimum atomic E-state index is -0.761. The summed E-state index contributed by atoms with van der Waals surface area (Å²) in [4.78, 5) is 34.4. The largest absolute Gasteiger partial charge is 0.383 e. The van der Waals surface area contributed by atoms with Crippen LogP contribution in [0.1, 0.15) is 22.8 Å². The first-order chi connectivity index (χ1) is 16.2. The average molecular weight is 478 g/mol. The van der Waals surface area contributed by atoms with E-state index in [4.69, 9.17) is 5.73 Å². The quantitative estimate of drug-likeness (QED) is 0.398. The summed E-state index contributed by atoms with van der Waals surface area (Å²) in [7, 11) is 3.21. The molecular weight excluding hydrogens is 457 g/mol. The van der Waals surface area contributed by atoms with E-state index >= 15 is 4.39 Å². The number of aryl methyl sites for hydroxylation is 1. The number of benzene rings is 2. The molecule has 2 amide bonds. The van der Waals surface area contributed by atoms with E-state index in [0.717, 1.165) is 15.8 Å². The number of hydrogen-bond donors (Lipinski definition) is 1. The van der Waals surface area contributed by atoms with Gasteiger partial charge in [-0.05, 0) is 23.8 Å². The van der Waals surface area contributed by atoms with Gasteiger partial charge < -0.3 is 5.73 Å². The Labute approximate surface area is 197 Å². The Morgan fingerprint density at radius 3 is 2.74 bits per heavy atom. The van der Waals surface area contributed by atoms with Crippen LogP contribution in [0.2, 0.25) is 0 Å². The van der Waals surface area contributed by atoms with Crippen molar-refractivity contribution in [3.8, 4) is 0 Å². The van der Waals surface area contributed by atoms with E-state index in [2.05, 4.69) is 15.1 Å². The zero-order valence-electron chi connectivity index (χ0n) is 18.6. The zero-order valence-corrected chi connectivity index (χ0v) is 19.4. The average Bonchev–Trinajstić information content (AvgIpc) is 3.43. The molecule has 0 saturated heterocycles. The lowest BCUT2D eigenvalue weighted by Crippen LogP contribution is -2.46. The molecule has 5 aromatic rings. The maximum Gasteiger partial charge on any atom is 0.275 e. The monoisotopic (exact) mass is 477 g/mol. The van der Waals surface area contributed by atoms with Gasteiger partial charge in [0.2, 0.25) is 5.91 Å². The van der Waals surface area contributed by atoms with E-state index in [0.29, 0.717) is 21.8 Å². The van der Waals surface area contributed by atoms with Gasteiger partial charge in [0, 0.05) is 32.5 Å². The van der Waals surface area contributed by atoms with Gasteiger partial charge in [-0.2, -0.15) is 5.10 Å². The molecule has 0 bridgehead atoms. The molecule has 5 rings (SSSR count). The van der Waals surface area contributed by atoms with Gasteiger partial charge in [-0.15, -0.1) is 11.3 Å². The van der Waals surface area contributed by atoms with Crippen LogP contribution >= 0.6 is 11.3 Å². The van der Waals surface area contributed by atoms with Crippen LogP contribution in [-0.4, -0.2) is 48.6 Å². The number of nitrogens with zero attached hydrogens (tertiary/aromatic N) is 6. The third-order valence-corrected chi connectivity index (χ3v) is 6.62. The van der Waals surface area contributed by atoms with Crippen molar-refractivity contribution in [2.24, 2.45) is 7.05 Å². The number of amides is 2. The molecule has 0 aliphatic rings. The Morgan fingerprint density at radius 2 is 1.97 bits per heavy atom. The van der Waals surface area contributed by atoms with Gasteiger partial charge in [0.1, 0.15) is 11.6 Å². The molecule has 34 heavy (non-hydrogen) atoms. The first kappa shape index (κ1) is 21.7. The lowest BCUT2D eigenvalue weighted by Gasteiger charge is -2.31. The highest BCUT2D eigenvalue weighted by atomic mass is 32.1. The highest BCUT2D eigenvalue weighted by Gasteiger charge is 2.26. The van der Waals surface area contributed by atoms with Gasteiger partial charge in [0.25, 0.3) is 5.91 Å². The molecule has 3 aromatic heterocycles. The van der Waals surface area contributed by atoms with Crippen molar-refractivity contribution < 1.29 is 14.0 Å². The lowest BCUT2D eigenvalue weighted by atomic mass is 10.1. The summed E-state index contributed by atoms with van der Waals surface area (Å²) in [5.41, 5.74) is 10.1. The van der Waals surface area contributed by atoms with E-state index < -0.39 is 11.7 Å². The molecule has 0 saturated carbocycles. The highest BCUT2D eigenvalue weighted by Crippen LogP contribution is 2.30. The Morgan fingerprint density at radius 1 is 1.18 bits per heavy atom. The van der Waals surface area contributed by atoms with Crippen molar-refractivity contribution in [3.05, 3.63) is 59.0 Å². The number of carbonyl (C=O) groups is 2. The third kappa shape index (κ3) is 3.50. The number of nitrogen functional groups attached to an aromatic ring is 1. The maximum absolute atomic E-state index is 15.2. The number of aromatic nitrogens is 4. The summed E-state index contributed by atoms with van der Waals surface area (Å²) < 4.78 is 17.8. The van der Waals surface area contributed by atoms with Crippen molar-refractivity contribution in [1.29, 1.82) is 0 Å². The molecule has 0 aliphatic carbocycles. The number of fused-ring (bicyclic) bond motifs is 4. The van der Waals surface area contributed by atoms with E-state index in [9.17, 15) is 9.59 Å². The van der Waals surface area contributed by atoms with Gasteiger partial charge in [0.15, 0.2) is 0 Å². The number of hydrogen-bond acceptors (Lipinski definition) is 7. The van der Waals surface area contributed by atoms with E-state index in [1.165, 1.54) is 47.5 Å². The first-order valence-electron chi connectivity index (χ1n) is 10.3. The molecule has 0 spiro atoms. The summed E-state index contributed by atoms with van der Waals surface area (Å²) >= 11 is 1.51. The number of halogens is 1. The number of pyridine rings is 1. The molecule has 172 valence electrons. The van der Waals surface area contributed by atoms with E-state index in [1.54, 1.807) is 23.4 Å². The van der Waals surface area contributed by atoms with Gasteiger partial charge in [-0.3, -0.25) is 19.3 Å². The van der Waals surface area contributed by atoms with Crippen LogP contribution < -0.4 is 5.73 Å². The van der Waals surface area contributed by atoms with Gasteiger partial charge in [-0.25, -0.2) is 19.4 Å². The van der Waals surface area contributed by atoms with Crippen LogP contribution in [0.15, 0.2) is 42.0 Å². The van der Waals surface area contributed by atoms with Crippen LogP contribution in [-0.2, 0) is 18.4 Å². The highest BCUT2D eigenvalue weighted by molar-refractivity contribution is 7.16. The third-order valence-electron chi connectivity index (χ3n) is 5.81. The standard InChI is InChI=1S/C23H20FN7O2S/c1-12(32)30(3)31(10-13-4-5-20-19(6-13)26-11-34-20)23(33)14-7-15-18(8-17(14)24)28-22(25)16-9-27-29(2)21(15)16/h4-9,11H,10H2,1-3H3,(H2,25,28). The fraction of sp³-hybridized carbons (Fsp3) is 0.174. The Balaban J connectivity index is 1.62. The summed E-state index contributed by atoms with van der Waals surface area (Å²) in [5.74, 6) is -1.57. The second-order valence-electron chi connectivity index (χ2n) is 7.94. The van der Waals surface area contributed by atoms with Crippen LogP contribution in [0, 0.1) is 5.82 Å². The SMILES string of the molecule is CC(=O)N(C)N(Cc1ccc2scnc2c1)C(=O)c1cc2c(cc1F)nc(N)c1cnn(C)c12. The van der Waals surface area contributed by atoms with Crippen molar-refractivity contribution in [3.63, 3.8) is 0 Å². The summed E-state index contributed by atoms with van der Waals surface area (Å²) in [6.45, 7) is 1.40. The van der Waals surface area contributed by atoms with Gasteiger partial charge in [-0.1, -0.05) is 6.07 Å². The van der Waals surface area contributed by atoms with Crippen LogP contribution in [0.4, 0.5) is 10.2 Å². The Hall–Kier alpha value is -4.12. The summed E-state index contributed by atoms with van der Waals surface area (Å²) in [6, 6.07) is 8.23. The fourth-order valence-corrected chi connectivity index (χ4v) is 4.60. The number of hydrazine groups is 1. The van der Waals surface area contributed by atoms with Crippen LogP contribution in [0.5, 0.6) is 0 Å². The van der Waals surface area contributed by atoms with Gasteiger partial charge in [0.05, 0.1) is 50.5 Å². The second-order valence-corrected chi connectivity index (χ2v) is 8.82.